The van der Waals surface area contributed by atoms with Crippen LogP contribution in [0.2, 0.25) is 0 Å². The fourth-order valence-electron chi connectivity index (χ4n) is 0.957. The Morgan fingerprint density at radius 2 is 1.83 bits per heavy atom. The Balaban J connectivity index is 2.58. The van der Waals surface area contributed by atoms with E-state index in [1.807, 2.05) is 0 Å². The lowest BCUT2D eigenvalue weighted by Crippen LogP contribution is -2.14. The maximum Gasteiger partial charge on any atom is 0.123 e. The molecule has 0 amide bonds. The van der Waals surface area contributed by atoms with Crippen molar-refractivity contribution in [1.82, 2.24) is 0 Å². The van der Waals surface area contributed by atoms with Crippen molar-refractivity contribution in [2.75, 3.05) is 6.61 Å². The predicted molar refractivity (Wildman–Crippen MR) is 43.2 cm³/mol. The summed E-state index contributed by atoms with van der Waals surface area (Å²) in [6.45, 7) is -0.266. The van der Waals surface area contributed by atoms with E-state index in [1.54, 1.807) is 12.1 Å². The number of hydrogen-bond acceptors (Lipinski definition) is 2. The molecule has 1 rings (SSSR count). The zero-order chi connectivity index (χ0) is 8.97. The summed E-state index contributed by atoms with van der Waals surface area (Å²) in [6, 6.07) is 5.85. The van der Waals surface area contributed by atoms with Gasteiger partial charge in [-0.25, -0.2) is 4.39 Å². The van der Waals surface area contributed by atoms with Gasteiger partial charge < -0.3 is 10.2 Å². The third kappa shape index (κ3) is 2.60. The Hall–Kier alpha value is -0.930. The normalized spacial score (nSPS) is 12.9. The predicted octanol–water partition coefficient (Wildman–Crippen LogP) is 0.721. The molecule has 0 aliphatic rings. The van der Waals surface area contributed by atoms with E-state index in [4.69, 9.17) is 10.2 Å². The molecule has 1 aromatic rings. The molecule has 0 aromatic heterocycles. The minimum absolute atomic E-state index is 0.266. The summed E-state index contributed by atoms with van der Waals surface area (Å²) in [5, 5.41) is 17.6. The average molecular weight is 170 g/mol. The van der Waals surface area contributed by atoms with Gasteiger partial charge in [-0.2, -0.15) is 0 Å². The second-order valence-electron chi connectivity index (χ2n) is 2.67. The van der Waals surface area contributed by atoms with Gasteiger partial charge in [-0.3, -0.25) is 0 Å². The van der Waals surface area contributed by atoms with Crippen molar-refractivity contribution in [3.63, 3.8) is 0 Å². The number of halogens is 1. The first kappa shape index (κ1) is 9.16. The van der Waals surface area contributed by atoms with E-state index >= 15 is 0 Å². The van der Waals surface area contributed by atoms with E-state index < -0.39 is 6.10 Å². The van der Waals surface area contributed by atoms with Gasteiger partial charge >= 0.3 is 0 Å². The fraction of sp³-hybridized carbons (Fsp3) is 0.333. The number of benzene rings is 1. The standard InChI is InChI=1S/C9H11FO2/c10-8-3-1-7(2-4-8)5-9(12)6-11/h1-4,9,11-12H,5-6H2/t9-/m0/s1. The largest absolute Gasteiger partial charge is 0.394 e. The zero-order valence-electron chi connectivity index (χ0n) is 6.57. The molecule has 2 N–H and O–H groups in total. The van der Waals surface area contributed by atoms with Crippen LogP contribution in [0.1, 0.15) is 5.56 Å². The summed E-state index contributed by atoms with van der Waals surface area (Å²) in [5.41, 5.74) is 0.818. The summed E-state index contributed by atoms with van der Waals surface area (Å²) >= 11 is 0. The summed E-state index contributed by atoms with van der Waals surface area (Å²) in [5.74, 6) is -0.294. The van der Waals surface area contributed by atoms with Gasteiger partial charge in [0.2, 0.25) is 0 Å². The molecule has 1 atom stereocenters. The second-order valence-corrected chi connectivity index (χ2v) is 2.67. The molecule has 0 fully saturated rings. The minimum Gasteiger partial charge on any atom is -0.394 e. The van der Waals surface area contributed by atoms with Crippen molar-refractivity contribution in [3.8, 4) is 0 Å². The molecule has 0 heterocycles. The van der Waals surface area contributed by atoms with Crippen LogP contribution >= 0.6 is 0 Å². The molecule has 1 aromatic carbocycles. The topological polar surface area (TPSA) is 40.5 Å². The van der Waals surface area contributed by atoms with Gasteiger partial charge in [0.05, 0.1) is 12.7 Å². The first-order valence-corrected chi connectivity index (χ1v) is 3.75. The molecular weight excluding hydrogens is 159 g/mol. The lowest BCUT2D eigenvalue weighted by Gasteiger charge is -2.05. The molecule has 12 heavy (non-hydrogen) atoms. The Kier molecular flexibility index (Phi) is 3.19. The highest BCUT2D eigenvalue weighted by Crippen LogP contribution is 2.05. The monoisotopic (exact) mass is 170 g/mol. The first-order chi connectivity index (χ1) is 5.72. The van der Waals surface area contributed by atoms with Crippen molar-refractivity contribution in [3.05, 3.63) is 35.6 Å². The quantitative estimate of drug-likeness (QED) is 0.701. The van der Waals surface area contributed by atoms with Gasteiger partial charge in [0, 0.05) is 6.42 Å². The highest BCUT2D eigenvalue weighted by Gasteiger charge is 2.02. The third-order valence-corrected chi connectivity index (χ3v) is 1.60. The van der Waals surface area contributed by atoms with E-state index in [9.17, 15) is 4.39 Å². The second kappa shape index (κ2) is 4.18. The van der Waals surface area contributed by atoms with E-state index in [-0.39, 0.29) is 12.4 Å². The maximum absolute atomic E-state index is 12.4. The molecule has 0 saturated carbocycles. The van der Waals surface area contributed by atoms with E-state index in [0.29, 0.717) is 6.42 Å². The number of aliphatic hydroxyl groups excluding tert-OH is 2. The van der Waals surface area contributed by atoms with Gasteiger partial charge in [0.15, 0.2) is 0 Å². The lowest BCUT2D eigenvalue weighted by molar-refractivity contribution is 0.0955. The Labute approximate surface area is 70.3 Å². The molecule has 0 aliphatic heterocycles. The number of aliphatic hydroxyl groups is 2. The number of rotatable bonds is 3. The van der Waals surface area contributed by atoms with Crippen LogP contribution in [0.3, 0.4) is 0 Å². The molecule has 2 nitrogen and oxygen atoms in total. The van der Waals surface area contributed by atoms with Gasteiger partial charge in [0.1, 0.15) is 5.82 Å². The summed E-state index contributed by atoms with van der Waals surface area (Å²) in [6.07, 6.45) is -0.396. The molecule has 0 saturated heterocycles. The van der Waals surface area contributed by atoms with Crippen molar-refractivity contribution in [1.29, 1.82) is 0 Å². The van der Waals surface area contributed by atoms with Crippen molar-refractivity contribution in [2.24, 2.45) is 0 Å². The van der Waals surface area contributed by atoms with Crippen LogP contribution in [0.25, 0.3) is 0 Å². The smallest absolute Gasteiger partial charge is 0.123 e. The highest BCUT2D eigenvalue weighted by molar-refractivity contribution is 5.16. The van der Waals surface area contributed by atoms with Crippen LogP contribution in [-0.4, -0.2) is 22.9 Å². The van der Waals surface area contributed by atoms with E-state index in [0.717, 1.165) is 5.56 Å². The third-order valence-electron chi connectivity index (χ3n) is 1.60. The van der Waals surface area contributed by atoms with Gasteiger partial charge in [-0.15, -0.1) is 0 Å². The Morgan fingerprint density at radius 3 is 2.33 bits per heavy atom. The zero-order valence-corrected chi connectivity index (χ0v) is 6.57. The summed E-state index contributed by atoms with van der Waals surface area (Å²) in [7, 11) is 0. The Bertz CT molecular complexity index is 233. The summed E-state index contributed by atoms with van der Waals surface area (Å²) in [4.78, 5) is 0. The molecule has 3 heteroatoms. The molecular formula is C9H11FO2. The van der Waals surface area contributed by atoms with Crippen LogP contribution in [-0.2, 0) is 6.42 Å². The molecule has 66 valence electrons. The van der Waals surface area contributed by atoms with Crippen LogP contribution in [0.4, 0.5) is 4.39 Å². The van der Waals surface area contributed by atoms with E-state index in [1.165, 1.54) is 12.1 Å². The SMILES string of the molecule is OC[C@@H](O)Cc1ccc(F)cc1. The molecule has 0 aliphatic carbocycles. The average Bonchev–Trinajstić information content (AvgIpc) is 2.09. The van der Waals surface area contributed by atoms with Crippen molar-refractivity contribution in [2.45, 2.75) is 12.5 Å². The first-order valence-electron chi connectivity index (χ1n) is 3.75. The van der Waals surface area contributed by atoms with E-state index in [2.05, 4.69) is 0 Å². The fourth-order valence-corrected chi connectivity index (χ4v) is 0.957. The minimum atomic E-state index is -0.754. The van der Waals surface area contributed by atoms with Crippen LogP contribution in [0, 0.1) is 5.82 Å². The number of hydrogen-bond donors (Lipinski definition) is 2. The molecule has 0 unspecified atom stereocenters. The molecule has 0 radical (unpaired) electrons. The van der Waals surface area contributed by atoms with Crippen molar-refractivity contribution >= 4 is 0 Å². The summed E-state index contributed by atoms with van der Waals surface area (Å²) < 4.78 is 12.4. The highest BCUT2D eigenvalue weighted by atomic mass is 19.1. The maximum atomic E-state index is 12.4. The molecule has 0 bridgehead atoms. The van der Waals surface area contributed by atoms with Gasteiger partial charge in [-0.05, 0) is 17.7 Å². The van der Waals surface area contributed by atoms with Crippen LogP contribution in [0.5, 0.6) is 0 Å². The van der Waals surface area contributed by atoms with Crippen LogP contribution < -0.4 is 0 Å². The van der Waals surface area contributed by atoms with Gasteiger partial charge in [0.25, 0.3) is 0 Å². The van der Waals surface area contributed by atoms with Crippen molar-refractivity contribution < 1.29 is 14.6 Å². The Morgan fingerprint density at radius 1 is 1.25 bits per heavy atom. The van der Waals surface area contributed by atoms with Gasteiger partial charge in [-0.1, -0.05) is 12.1 Å². The van der Waals surface area contributed by atoms with Crippen LogP contribution in [0.15, 0.2) is 24.3 Å². The lowest BCUT2D eigenvalue weighted by atomic mass is 10.1. The molecule has 0 spiro atoms.